The second kappa shape index (κ2) is 5.20. The molecule has 1 aromatic rings. The number of aromatic nitrogens is 2. The van der Waals surface area contributed by atoms with E-state index in [0.29, 0.717) is 19.0 Å². The molecule has 1 aliphatic heterocycles. The average molecular weight is 243 g/mol. The van der Waals surface area contributed by atoms with Crippen molar-refractivity contribution >= 4 is 23.3 Å². The number of halogens is 1. The third-order valence-corrected chi connectivity index (χ3v) is 2.30. The standard InChI is InChI=1S/C9H11ClN4O2/c10-7-1-2-8(14-13-7)12-9(15)6-5-11-3-4-16-6/h1-2,6,11H,3-5H2,(H,12,14,15). The molecule has 86 valence electrons. The summed E-state index contributed by atoms with van der Waals surface area (Å²) < 4.78 is 5.29. The van der Waals surface area contributed by atoms with Crippen molar-refractivity contribution in [2.24, 2.45) is 0 Å². The molecule has 1 saturated heterocycles. The summed E-state index contributed by atoms with van der Waals surface area (Å²) in [6, 6.07) is 3.15. The zero-order valence-electron chi connectivity index (χ0n) is 8.44. The van der Waals surface area contributed by atoms with Crippen LogP contribution in [0.1, 0.15) is 0 Å². The first-order valence-corrected chi connectivity index (χ1v) is 5.26. The van der Waals surface area contributed by atoms with Crippen LogP contribution in [0.5, 0.6) is 0 Å². The van der Waals surface area contributed by atoms with Gasteiger partial charge in [-0.3, -0.25) is 4.79 Å². The Morgan fingerprint density at radius 1 is 1.56 bits per heavy atom. The molecule has 0 spiro atoms. The Morgan fingerprint density at radius 3 is 3.06 bits per heavy atom. The van der Waals surface area contributed by atoms with Crippen molar-refractivity contribution in [2.75, 3.05) is 25.0 Å². The molecule has 1 amide bonds. The number of amides is 1. The summed E-state index contributed by atoms with van der Waals surface area (Å²) in [6.07, 6.45) is -0.480. The SMILES string of the molecule is O=C(Nc1ccc(Cl)nn1)C1CNCCO1. The fourth-order valence-corrected chi connectivity index (χ4v) is 1.42. The number of morpholine rings is 1. The van der Waals surface area contributed by atoms with E-state index in [-0.39, 0.29) is 11.1 Å². The highest BCUT2D eigenvalue weighted by molar-refractivity contribution is 6.29. The van der Waals surface area contributed by atoms with Gasteiger partial charge in [0.2, 0.25) is 0 Å². The molecule has 0 saturated carbocycles. The monoisotopic (exact) mass is 242 g/mol. The number of hydrogen-bond acceptors (Lipinski definition) is 5. The summed E-state index contributed by atoms with van der Waals surface area (Å²) in [7, 11) is 0. The minimum absolute atomic E-state index is 0.233. The lowest BCUT2D eigenvalue weighted by Gasteiger charge is -2.22. The van der Waals surface area contributed by atoms with Crippen molar-refractivity contribution in [1.82, 2.24) is 15.5 Å². The van der Waals surface area contributed by atoms with Gasteiger partial charge in [0.1, 0.15) is 6.10 Å². The summed E-state index contributed by atoms with van der Waals surface area (Å²) in [5, 5.41) is 13.3. The molecular formula is C9H11ClN4O2. The summed E-state index contributed by atoms with van der Waals surface area (Å²) >= 11 is 5.58. The zero-order valence-corrected chi connectivity index (χ0v) is 9.20. The van der Waals surface area contributed by atoms with E-state index in [1.54, 1.807) is 12.1 Å². The van der Waals surface area contributed by atoms with Gasteiger partial charge in [-0.05, 0) is 12.1 Å². The lowest BCUT2D eigenvalue weighted by atomic mass is 10.3. The van der Waals surface area contributed by atoms with Crippen LogP contribution in [0.15, 0.2) is 12.1 Å². The molecule has 0 radical (unpaired) electrons. The van der Waals surface area contributed by atoms with Crippen molar-refractivity contribution in [2.45, 2.75) is 6.10 Å². The zero-order chi connectivity index (χ0) is 11.4. The molecule has 0 bridgehead atoms. The molecule has 0 aliphatic carbocycles. The summed E-state index contributed by atoms with van der Waals surface area (Å²) in [4.78, 5) is 11.7. The van der Waals surface area contributed by atoms with E-state index in [1.165, 1.54) is 0 Å². The van der Waals surface area contributed by atoms with Gasteiger partial charge in [0.15, 0.2) is 11.0 Å². The lowest BCUT2D eigenvalue weighted by molar-refractivity contribution is -0.128. The molecule has 0 aromatic carbocycles. The second-order valence-electron chi connectivity index (χ2n) is 3.29. The van der Waals surface area contributed by atoms with Crippen molar-refractivity contribution in [3.05, 3.63) is 17.3 Å². The quantitative estimate of drug-likeness (QED) is 0.767. The highest BCUT2D eigenvalue weighted by atomic mass is 35.5. The molecule has 6 nitrogen and oxygen atoms in total. The minimum Gasteiger partial charge on any atom is -0.366 e. The number of hydrogen-bond donors (Lipinski definition) is 2. The van der Waals surface area contributed by atoms with Gasteiger partial charge in [-0.1, -0.05) is 11.6 Å². The maximum atomic E-state index is 11.7. The summed E-state index contributed by atoms with van der Waals surface area (Å²) in [6.45, 7) is 1.81. The van der Waals surface area contributed by atoms with Crippen LogP contribution in [0.3, 0.4) is 0 Å². The molecular weight excluding hydrogens is 232 g/mol. The third-order valence-electron chi connectivity index (χ3n) is 2.10. The molecule has 1 aliphatic rings. The predicted molar refractivity (Wildman–Crippen MR) is 58.3 cm³/mol. The van der Waals surface area contributed by atoms with Crippen molar-refractivity contribution < 1.29 is 9.53 Å². The van der Waals surface area contributed by atoms with E-state index < -0.39 is 6.10 Å². The number of carbonyl (C=O) groups excluding carboxylic acids is 1. The van der Waals surface area contributed by atoms with E-state index in [1.807, 2.05) is 0 Å². The number of carbonyl (C=O) groups is 1. The molecule has 1 aromatic heterocycles. The molecule has 1 fully saturated rings. The van der Waals surface area contributed by atoms with Gasteiger partial charge in [0, 0.05) is 13.1 Å². The molecule has 16 heavy (non-hydrogen) atoms. The Hall–Kier alpha value is -1.24. The summed E-state index contributed by atoms with van der Waals surface area (Å²) in [5.41, 5.74) is 0. The van der Waals surface area contributed by atoms with Gasteiger partial charge in [-0.25, -0.2) is 0 Å². The maximum absolute atomic E-state index is 11.7. The van der Waals surface area contributed by atoms with Crippen LogP contribution in [-0.4, -0.2) is 41.9 Å². The van der Waals surface area contributed by atoms with Crippen molar-refractivity contribution in [3.8, 4) is 0 Å². The number of ether oxygens (including phenoxy) is 1. The Balaban J connectivity index is 1.93. The van der Waals surface area contributed by atoms with Gasteiger partial charge < -0.3 is 15.4 Å². The van der Waals surface area contributed by atoms with E-state index in [4.69, 9.17) is 16.3 Å². The van der Waals surface area contributed by atoms with Crippen LogP contribution in [0.4, 0.5) is 5.82 Å². The van der Waals surface area contributed by atoms with Crippen molar-refractivity contribution in [3.63, 3.8) is 0 Å². The normalized spacial score (nSPS) is 20.4. The van der Waals surface area contributed by atoms with Crippen LogP contribution >= 0.6 is 11.6 Å². The highest BCUT2D eigenvalue weighted by Crippen LogP contribution is 2.07. The fraction of sp³-hybridized carbons (Fsp3) is 0.444. The third kappa shape index (κ3) is 2.88. The molecule has 7 heteroatoms. The number of rotatable bonds is 2. The molecule has 1 atom stereocenters. The van der Waals surface area contributed by atoms with E-state index >= 15 is 0 Å². The molecule has 2 rings (SSSR count). The minimum atomic E-state index is -0.480. The van der Waals surface area contributed by atoms with Crippen LogP contribution in [0.2, 0.25) is 5.15 Å². The first kappa shape index (κ1) is 11.3. The lowest BCUT2D eigenvalue weighted by Crippen LogP contribution is -2.45. The van der Waals surface area contributed by atoms with Gasteiger partial charge >= 0.3 is 0 Å². The van der Waals surface area contributed by atoms with E-state index in [9.17, 15) is 4.79 Å². The Kier molecular flexibility index (Phi) is 3.66. The largest absolute Gasteiger partial charge is 0.366 e. The van der Waals surface area contributed by atoms with Crippen LogP contribution in [-0.2, 0) is 9.53 Å². The average Bonchev–Trinajstić information content (AvgIpc) is 2.33. The Labute approximate surface area is 97.3 Å². The second-order valence-corrected chi connectivity index (χ2v) is 3.68. The van der Waals surface area contributed by atoms with Gasteiger partial charge in [0.25, 0.3) is 5.91 Å². The smallest absolute Gasteiger partial charge is 0.256 e. The number of nitrogens with zero attached hydrogens (tertiary/aromatic N) is 2. The molecule has 2 N–H and O–H groups in total. The topological polar surface area (TPSA) is 76.1 Å². The Morgan fingerprint density at radius 2 is 2.44 bits per heavy atom. The van der Waals surface area contributed by atoms with Crippen LogP contribution in [0, 0.1) is 0 Å². The number of anilines is 1. The van der Waals surface area contributed by atoms with Crippen LogP contribution in [0.25, 0.3) is 0 Å². The Bertz CT molecular complexity index is 364. The first-order chi connectivity index (χ1) is 7.75. The fourth-order valence-electron chi connectivity index (χ4n) is 1.32. The van der Waals surface area contributed by atoms with Crippen LogP contribution < -0.4 is 10.6 Å². The maximum Gasteiger partial charge on any atom is 0.256 e. The van der Waals surface area contributed by atoms with Gasteiger partial charge in [0.05, 0.1) is 6.61 Å². The number of nitrogens with one attached hydrogen (secondary N) is 2. The van der Waals surface area contributed by atoms with Gasteiger partial charge in [-0.15, -0.1) is 10.2 Å². The summed E-state index contributed by atoms with van der Waals surface area (Å²) in [5.74, 6) is 0.132. The highest BCUT2D eigenvalue weighted by Gasteiger charge is 2.21. The van der Waals surface area contributed by atoms with E-state index in [0.717, 1.165) is 6.54 Å². The molecule has 2 heterocycles. The van der Waals surface area contributed by atoms with E-state index in [2.05, 4.69) is 20.8 Å². The molecule has 1 unspecified atom stereocenters. The van der Waals surface area contributed by atoms with Gasteiger partial charge in [-0.2, -0.15) is 0 Å². The van der Waals surface area contributed by atoms with Crippen molar-refractivity contribution in [1.29, 1.82) is 0 Å². The first-order valence-electron chi connectivity index (χ1n) is 4.88. The predicted octanol–water partition coefficient (Wildman–Crippen LogP) is 0.0569.